The van der Waals surface area contributed by atoms with E-state index in [-0.39, 0.29) is 5.78 Å². The summed E-state index contributed by atoms with van der Waals surface area (Å²) in [5.74, 6) is -1.31. The van der Waals surface area contributed by atoms with Crippen LogP contribution in [0.2, 0.25) is 0 Å². The fourth-order valence-corrected chi connectivity index (χ4v) is 2.84. The van der Waals surface area contributed by atoms with Gasteiger partial charge in [-0.1, -0.05) is 30.3 Å². The van der Waals surface area contributed by atoms with Crippen molar-refractivity contribution in [2.24, 2.45) is 0 Å². The number of nitrogens with zero attached hydrogens (tertiary/aromatic N) is 1. The SMILES string of the molecule is CSc1ncccc1C(=O)OCC(=O)NC(Cc1ccccc1)C(C)=O. The minimum atomic E-state index is -0.663. The van der Waals surface area contributed by atoms with Gasteiger partial charge in [-0.15, -0.1) is 11.8 Å². The molecule has 0 radical (unpaired) electrons. The van der Waals surface area contributed by atoms with Crippen LogP contribution < -0.4 is 5.32 Å². The molecular weight excluding hydrogens is 352 g/mol. The second-order valence-corrected chi connectivity index (χ2v) is 6.35. The molecule has 1 N–H and O–H groups in total. The Morgan fingerprint density at radius 2 is 1.88 bits per heavy atom. The number of hydrogen-bond acceptors (Lipinski definition) is 6. The minimum absolute atomic E-state index is 0.162. The van der Waals surface area contributed by atoms with Crippen LogP contribution in [0.4, 0.5) is 0 Å². The first-order chi connectivity index (χ1) is 12.5. The van der Waals surface area contributed by atoms with Gasteiger partial charge in [-0.3, -0.25) is 9.59 Å². The van der Waals surface area contributed by atoms with Gasteiger partial charge in [0.25, 0.3) is 5.91 Å². The number of thioether (sulfide) groups is 1. The summed E-state index contributed by atoms with van der Waals surface area (Å²) in [5.41, 5.74) is 1.24. The molecular formula is C19H20N2O4S. The second kappa shape index (κ2) is 9.72. The third kappa shape index (κ3) is 5.70. The van der Waals surface area contributed by atoms with Crippen molar-refractivity contribution < 1.29 is 19.1 Å². The number of aromatic nitrogens is 1. The van der Waals surface area contributed by atoms with Crippen molar-refractivity contribution in [3.63, 3.8) is 0 Å². The standard InChI is InChI=1S/C19H20N2O4S/c1-13(22)16(11-14-7-4-3-5-8-14)21-17(23)12-25-19(24)15-9-6-10-20-18(15)26-2/h3-10,16H,11-12H2,1-2H3,(H,21,23). The minimum Gasteiger partial charge on any atom is -0.452 e. The number of pyridine rings is 1. The summed E-state index contributed by atoms with van der Waals surface area (Å²) in [5, 5.41) is 3.14. The molecule has 0 saturated carbocycles. The number of amides is 1. The fourth-order valence-electron chi connectivity index (χ4n) is 2.30. The number of ketones is 1. The molecule has 1 aromatic heterocycles. The highest BCUT2D eigenvalue weighted by Crippen LogP contribution is 2.17. The lowest BCUT2D eigenvalue weighted by Gasteiger charge is -2.16. The van der Waals surface area contributed by atoms with Crippen molar-refractivity contribution in [3.8, 4) is 0 Å². The lowest BCUT2D eigenvalue weighted by molar-refractivity contribution is -0.128. The molecule has 1 aromatic carbocycles. The van der Waals surface area contributed by atoms with E-state index in [2.05, 4.69) is 10.3 Å². The van der Waals surface area contributed by atoms with Crippen LogP contribution in [0, 0.1) is 0 Å². The second-order valence-electron chi connectivity index (χ2n) is 5.56. The Morgan fingerprint density at radius 3 is 2.54 bits per heavy atom. The number of esters is 1. The van der Waals surface area contributed by atoms with E-state index >= 15 is 0 Å². The van der Waals surface area contributed by atoms with Gasteiger partial charge in [0.05, 0.1) is 11.6 Å². The maximum atomic E-state index is 12.1. The number of carbonyl (C=O) groups is 3. The number of Topliss-reactive ketones (excluding diaryl/α,β-unsaturated/α-hetero) is 1. The molecule has 1 heterocycles. The van der Waals surface area contributed by atoms with E-state index in [9.17, 15) is 14.4 Å². The molecule has 0 aliphatic rings. The van der Waals surface area contributed by atoms with Crippen LogP contribution in [0.25, 0.3) is 0 Å². The van der Waals surface area contributed by atoms with E-state index in [0.29, 0.717) is 17.0 Å². The van der Waals surface area contributed by atoms with E-state index < -0.39 is 24.5 Å². The zero-order chi connectivity index (χ0) is 18.9. The topological polar surface area (TPSA) is 85.4 Å². The summed E-state index contributed by atoms with van der Waals surface area (Å²) in [6, 6.07) is 11.9. The van der Waals surface area contributed by atoms with Gasteiger partial charge in [0, 0.05) is 6.20 Å². The van der Waals surface area contributed by atoms with E-state index in [1.165, 1.54) is 18.7 Å². The Labute approximate surface area is 156 Å². The summed E-state index contributed by atoms with van der Waals surface area (Å²) in [6.07, 6.45) is 3.76. The van der Waals surface area contributed by atoms with Gasteiger partial charge in [0.2, 0.25) is 0 Å². The highest BCUT2D eigenvalue weighted by molar-refractivity contribution is 7.98. The lowest BCUT2D eigenvalue weighted by atomic mass is 10.0. The molecule has 0 aliphatic carbocycles. The van der Waals surface area contributed by atoms with Gasteiger partial charge in [-0.05, 0) is 37.3 Å². The van der Waals surface area contributed by atoms with Crippen LogP contribution in [0.5, 0.6) is 0 Å². The van der Waals surface area contributed by atoms with Crippen LogP contribution in [0.15, 0.2) is 53.7 Å². The zero-order valence-corrected chi connectivity index (χ0v) is 15.4. The Balaban J connectivity index is 1.92. The number of benzene rings is 1. The summed E-state index contributed by atoms with van der Waals surface area (Å²) in [7, 11) is 0. The third-order valence-corrected chi connectivity index (χ3v) is 4.34. The Morgan fingerprint density at radius 1 is 1.15 bits per heavy atom. The molecule has 7 heteroatoms. The van der Waals surface area contributed by atoms with Gasteiger partial charge in [-0.25, -0.2) is 9.78 Å². The molecule has 2 rings (SSSR count). The summed E-state index contributed by atoms with van der Waals surface area (Å²) >= 11 is 1.32. The van der Waals surface area contributed by atoms with Crippen molar-refractivity contribution in [2.75, 3.05) is 12.9 Å². The molecule has 26 heavy (non-hydrogen) atoms. The smallest absolute Gasteiger partial charge is 0.341 e. The average molecular weight is 372 g/mol. The number of ether oxygens (including phenoxy) is 1. The molecule has 0 fully saturated rings. The fraction of sp³-hybridized carbons (Fsp3) is 0.263. The van der Waals surface area contributed by atoms with E-state index in [0.717, 1.165) is 5.56 Å². The van der Waals surface area contributed by atoms with Crippen molar-refractivity contribution in [1.29, 1.82) is 0 Å². The molecule has 0 spiro atoms. The lowest BCUT2D eigenvalue weighted by Crippen LogP contribution is -2.43. The first-order valence-electron chi connectivity index (χ1n) is 8.01. The van der Waals surface area contributed by atoms with Crippen LogP contribution in [-0.2, 0) is 20.7 Å². The molecule has 6 nitrogen and oxygen atoms in total. The molecule has 1 amide bonds. The van der Waals surface area contributed by atoms with Crippen LogP contribution in [0.3, 0.4) is 0 Å². The molecule has 1 atom stereocenters. The maximum Gasteiger partial charge on any atom is 0.341 e. The van der Waals surface area contributed by atoms with Gasteiger partial charge in [0.1, 0.15) is 5.03 Å². The third-order valence-electron chi connectivity index (χ3n) is 3.63. The van der Waals surface area contributed by atoms with E-state index in [4.69, 9.17) is 4.74 Å². The highest BCUT2D eigenvalue weighted by atomic mass is 32.2. The predicted molar refractivity (Wildman–Crippen MR) is 99.1 cm³/mol. The Bertz CT molecular complexity index is 780. The maximum absolute atomic E-state index is 12.1. The van der Waals surface area contributed by atoms with Crippen molar-refractivity contribution in [2.45, 2.75) is 24.4 Å². The molecule has 2 aromatic rings. The van der Waals surface area contributed by atoms with Crippen molar-refractivity contribution in [1.82, 2.24) is 10.3 Å². The molecule has 0 bridgehead atoms. The van der Waals surface area contributed by atoms with E-state index in [1.54, 1.807) is 24.6 Å². The monoisotopic (exact) mass is 372 g/mol. The first-order valence-corrected chi connectivity index (χ1v) is 9.23. The Hall–Kier alpha value is -2.67. The molecule has 1 unspecified atom stereocenters. The number of nitrogens with one attached hydrogen (secondary N) is 1. The summed E-state index contributed by atoms with van der Waals surface area (Å²) in [4.78, 5) is 40.1. The number of carbonyl (C=O) groups excluding carboxylic acids is 3. The Kier molecular flexibility index (Phi) is 7.35. The van der Waals surface area contributed by atoms with Crippen LogP contribution >= 0.6 is 11.8 Å². The first kappa shape index (κ1) is 19.7. The van der Waals surface area contributed by atoms with Crippen molar-refractivity contribution >= 4 is 29.4 Å². The quantitative estimate of drug-likeness (QED) is 0.565. The highest BCUT2D eigenvalue weighted by Gasteiger charge is 2.19. The average Bonchev–Trinajstić information content (AvgIpc) is 2.66. The van der Waals surface area contributed by atoms with Gasteiger partial charge in [0.15, 0.2) is 12.4 Å². The van der Waals surface area contributed by atoms with Gasteiger partial charge in [-0.2, -0.15) is 0 Å². The number of hydrogen-bond donors (Lipinski definition) is 1. The van der Waals surface area contributed by atoms with Gasteiger partial charge < -0.3 is 10.1 Å². The van der Waals surface area contributed by atoms with E-state index in [1.807, 2.05) is 30.3 Å². The molecule has 0 aliphatic heterocycles. The number of rotatable bonds is 8. The summed E-state index contributed by atoms with van der Waals surface area (Å²) in [6.45, 7) is 0.959. The van der Waals surface area contributed by atoms with Gasteiger partial charge >= 0.3 is 5.97 Å². The van der Waals surface area contributed by atoms with Crippen LogP contribution in [-0.4, -0.2) is 41.5 Å². The van der Waals surface area contributed by atoms with Crippen molar-refractivity contribution in [3.05, 3.63) is 59.8 Å². The summed E-state index contributed by atoms with van der Waals surface area (Å²) < 4.78 is 5.05. The predicted octanol–water partition coefficient (Wildman–Crippen LogP) is 2.28. The largest absolute Gasteiger partial charge is 0.452 e. The normalized spacial score (nSPS) is 11.5. The zero-order valence-electron chi connectivity index (χ0n) is 14.6. The molecule has 0 saturated heterocycles. The molecule has 136 valence electrons. The van der Waals surface area contributed by atoms with Crippen LogP contribution in [0.1, 0.15) is 22.8 Å².